The third kappa shape index (κ3) is 6.98. The van der Waals surface area contributed by atoms with Crippen molar-refractivity contribution in [2.75, 3.05) is 13.2 Å². The minimum atomic E-state index is -0.459. The molecule has 0 saturated heterocycles. The molecule has 1 saturated carbocycles. The van der Waals surface area contributed by atoms with Gasteiger partial charge in [0.15, 0.2) is 0 Å². The van der Waals surface area contributed by atoms with Gasteiger partial charge >= 0.3 is 0 Å². The Balaban J connectivity index is 0.00000400. The fourth-order valence-electron chi connectivity index (χ4n) is 2.84. The van der Waals surface area contributed by atoms with E-state index in [9.17, 15) is 4.79 Å². The van der Waals surface area contributed by atoms with Crippen LogP contribution < -0.4 is 11.1 Å². The molecule has 1 fully saturated rings. The van der Waals surface area contributed by atoms with Crippen LogP contribution in [0.2, 0.25) is 0 Å². The minimum Gasteiger partial charge on any atom is -0.378 e. The van der Waals surface area contributed by atoms with Crippen molar-refractivity contribution < 1.29 is 9.53 Å². The number of ether oxygens (including phenoxy) is 1. The van der Waals surface area contributed by atoms with Crippen molar-refractivity contribution in [3.8, 4) is 0 Å². The third-order valence-electron chi connectivity index (χ3n) is 4.25. The third-order valence-corrected chi connectivity index (χ3v) is 4.25. The van der Waals surface area contributed by atoms with E-state index in [1.807, 2.05) is 27.7 Å². The van der Waals surface area contributed by atoms with E-state index in [2.05, 4.69) is 5.32 Å². The zero-order valence-corrected chi connectivity index (χ0v) is 14.8. The number of carbonyl (C=O) groups excluding carboxylic acids is 1. The number of rotatable bonds is 7. The van der Waals surface area contributed by atoms with Crippen molar-refractivity contribution in [3.63, 3.8) is 0 Å². The molecular formula is C16H33ClN2O2. The maximum Gasteiger partial charge on any atom is 0.237 e. The SMILES string of the molecule is CCOC(CCNC(=O)[C@@H](N)C(C)(C)C)C1CCCC1.Cl. The first-order chi connectivity index (χ1) is 9.36. The van der Waals surface area contributed by atoms with E-state index in [4.69, 9.17) is 10.5 Å². The first-order valence-electron chi connectivity index (χ1n) is 8.01. The average molecular weight is 321 g/mol. The van der Waals surface area contributed by atoms with Crippen LogP contribution in [0.5, 0.6) is 0 Å². The molecule has 0 heterocycles. The van der Waals surface area contributed by atoms with Gasteiger partial charge in [-0.2, -0.15) is 0 Å². The van der Waals surface area contributed by atoms with E-state index in [1.54, 1.807) is 0 Å². The molecule has 2 atom stereocenters. The highest BCUT2D eigenvalue weighted by atomic mass is 35.5. The molecule has 1 aliphatic rings. The van der Waals surface area contributed by atoms with Crippen LogP contribution in [0.25, 0.3) is 0 Å². The first-order valence-corrected chi connectivity index (χ1v) is 8.01. The molecule has 0 aliphatic heterocycles. The predicted molar refractivity (Wildman–Crippen MR) is 89.7 cm³/mol. The number of nitrogens with two attached hydrogens (primary N) is 1. The zero-order chi connectivity index (χ0) is 15.2. The molecule has 1 rings (SSSR count). The van der Waals surface area contributed by atoms with Crippen LogP contribution in [0.15, 0.2) is 0 Å². The second kappa shape index (κ2) is 9.65. The predicted octanol–water partition coefficient (Wildman–Crippen LogP) is 2.88. The number of hydrogen-bond donors (Lipinski definition) is 2. The summed E-state index contributed by atoms with van der Waals surface area (Å²) in [5, 5.41) is 2.96. The van der Waals surface area contributed by atoms with E-state index < -0.39 is 6.04 Å². The molecule has 0 aromatic heterocycles. The highest BCUT2D eigenvalue weighted by molar-refractivity contribution is 5.85. The van der Waals surface area contributed by atoms with Gasteiger partial charge in [0.2, 0.25) is 5.91 Å². The largest absolute Gasteiger partial charge is 0.378 e. The van der Waals surface area contributed by atoms with E-state index in [1.165, 1.54) is 25.7 Å². The van der Waals surface area contributed by atoms with Gasteiger partial charge in [-0.15, -0.1) is 12.4 Å². The van der Waals surface area contributed by atoms with Crippen LogP contribution in [0.1, 0.15) is 59.8 Å². The number of amides is 1. The van der Waals surface area contributed by atoms with Gasteiger partial charge in [0.05, 0.1) is 12.1 Å². The van der Waals surface area contributed by atoms with Crippen LogP contribution in [0.4, 0.5) is 0 Å². The highest BCUT2D eigenvalue weighted by Gasteiger charge is 2.28. The highest BCUT2D eigenvalue weighted by Crippen LogP contribution is 2.30. The lowest BCUT2D eigenvalue weighted by atomic mass is 9.87. The summed E-state index contributed by atoms with van der Waals surface area (Å²) in [4.78, 5) is 12.0. The van der Waals surface area contributed by atoms with Crippen LogP contribution in [0.3, 0.4) is 0 Å². The van der Waals surface area contributed by atoms with Gasteiger partial charge in [0, 0.05) is 13.2 Å². The van der Waals surface area contributed by atoms with Crippen LogP contribution in [-0.4, -0.2) is 31.2 Å². The fraction of sp³-hybridized carbons (Fsp3) is 0.938. The summed E-state index contributed by atoms with van der Waals surface area (Å²) in [6.07, 6.45) is 6.33. The van der Waals surface area contributed by atoms with Crippen LogP contribution in [0, 0.1) is 11.3 Å². The average Bonchev–Trinajstić information content (AvgIpc) is 2.89. The molecule has 0 aromatic rings. The Labute approximate surface area is 136 Å². The molecule has 0 bridgehead atoms. The first kappa shape index (κ1) is 20.7. The number of carbonyl (C=O) groups is 1. The Kier molecular flexibility index (Phi) is 9.50. The summed E-state index contributed by atoms with van der Waals surface area (Å²) < 4.78 is 5.85. The molecule has 0 spiro atoms. The minimum absolute atomic E-state index is 0. The Morgan fingerprint density at radius 2 is 1.90 bits per heavy atom. The Morgan fingerprint density at radius 1 is 1.33 bits per heavy atom. The van der Waals surface area contributed by atoms with E-state index >= 15 is 0 Å². The summed E-state index contributed by atoms with van der Waals surface area (Å²) in [6, 6.07) is -0.459. The van der Waals surface area contributed by atoms with Gasteiger partial charge in [-0.3, -0.25) is 4.79 Å². The Hall–Kier alpha value is -0.320. The second-order valence-electron chi connectivity index (χ2n) is 6.96. The van der Waals surface area contributed by atoms with Gasteiger partial charge in [-0.25, -0.2) is 0 Å². The van der Waals surface area contributed by atoms with Gasteiger partial charge in [0.25, 0.3) is 0 Å². The van der Waals surface area contributed by atoms with Crippen LogP contribution >= 0.6 is 12.4 Å². The van der Waals surface area contributed by atoms with Gasteiger partial charge in [-0.1, -0.05) is 33.6 Å². The van der Waals surface area contributed by atoms with Crippen molar-refractivity contribution in [1.82, 2.24) is 5.32 Å². The van der Waals surface area contributed by atoms with Gasteiger partial charge in [0.1, 0.15) is 0 Å². The monoisotopic (exact) mass is 320 g/mol. The van der Waals surface area contributed by atoms with E-state index in [0.29, 0.717) is 12.5 Å². The summed E-state index contributed by atoms with van der Waals surface area (Å²) in [6.45, 7) is 9.40. The number of hydrogen-bond acceptors (Lipinski definition) is 3. The fourth-order valence-corrected chi connectivity index (χ4v) is 2.84. The van der Waals surface area contributed by atoms with Crippen molar-refractivity contribution in [2.24, 2.45) is 17.1 Å². The maximum atomic E-state index is 12.0. The summed E-state index contributed by atoms with van der Waals surface area (Å²) in [7, 11) is 0. The molecule has 1 amide bonds. The molecule has 1 unspecified atom stereocenters. The topological polar surface area (TPSA) is 64.3 Å². The van der Waals surface area contributed by atoms with Crippen molar-refractivity contribution in [1.29, 1.82) is 0 Å². The molecule has 21 heavy (non-hydrogen) atoms. The standard InChI is InChI=1S/C16H32N2O2.ClH/c1-5-20-13(12-8-6-7-9-12)10-11-18-15(19)14(17)16(2,3)4;/h12-14H,5-11,17H2,1-4H3,(H,18,19);1H/t13?,14-;/m1./s1. The lowest BCUT2D eigenvalue weighted by Crippen LogP contribution is -2.49. The Bertz CT molecular complexity index is 299. The molecule has 0 aromatic carbocycles. The molecule has 0 radical (unpaired) electrons. The van der Waals surface area contributed by atoms with Crippen molar-refractivity contribution in [2.45, 2.75) is 71.9 Å². The molecule has 4 nitrogen and oxygen atoms in total. The summed E-state index contributed by atoms with van der Waals surface area (Å²) >= 11 is 0. The van der Waals surface area contributed by atoms with Gasteiger partial charge in [-0.05, 0) is 37.5 Å². The van der Waals surface area contributed by atoms with Crippen LogP contribution in [-0.2, 0) is 9.53 Å². The lowest BCUT2D eigenvalue weighted by molar-refractivity contribution is -0.124. The number of nitrogens with one attached hydrogen (secondary N) is 1. The second-order valence-corrected chi connectivity index (χ2v) is 6.96. The summed E-state index contributed by atoms with van der Waals surface area (Å²) in [5.74, 6) is 0.613. The molecule has 3 N–H and O–H groups in total. The van der Waals surface area contributed by atoms with E-state index in [0.717, 1.165) is 13.0 Å². The van der Waals surface area contributed by atoms with Crippen molar-refractivity contribution in [3.05, 3.63) is 0 Å². The normalized spacial score (nSPS) is 18.9. The summed E-state index contributed by atoms with van der Waals surface area (Å²) in [5.41, 5.74) is 5.75. The maximum absolute atomic E-state index is 12.0. The van der Waals surface area contributed by atoms with E-state index in [-0.39, 0.29) is 29.8 Å². The molecule has 1 aliphatic carbocycles. The smallest absolute Gasteiger partial charge is 0.237 e. The Morgan fingerprint density at radius 3 is 2.38 bits per heavy atom. The zero-order valence-electron chi connectivity index (χ0n) is 14.0. The quantitative estimate of drug-likeness (QED) is 0.758. The van der Waals surface area contributed by atoms with Gasteiger partial charge < -0.3 is 15.8 Å². The lowest BCUT2D eigenvalue weighted by Gasteiger charge is -2.27. The molecule has 126 valence electrons. The molecular weight excluding hydrogens is 288 g/mol. The molecule has 5 heteroatoms. The van der Waals surface area contributed by atoms with Crippen molar-refractivity contribution >= 4 is 18.3 Å². The number of halogens is 1.